The Balaban J connectivity index is 1.36. The summed E-state index contributed by atoms with van der Waals surface area (Å²) in [4.78, 5) is 9.03. The van der Waals surface area contributed by atoms with Crippen molar-refractivity contribution in [3.63, 3.8) is 0 Å². The molecule has 1 aromatic carbocycles. The summed E-state index contributed by atoms with van der Waals surface area (Å²) in [6, 6.07) is 8.33. The normalized spacial score (nSPS) is 19.4. The lowest BCUT2D eigenvalue weighted by molar-refractivity contribution is 0.0674. The smallest absolute Gasteiger partial charge is 0.191 e. The van der Waals surface area contributed by atoms with Crippen LogP contribution >= 0.6 is 0 Å². The number of morpholine rings is 1. The van der Waals surface area contributed by atoms with Gasteiger partial charge in [-0.15, -0.1) is 0 Å². The number of guanidine groups is 1. The van der Waals surface area contributed by atoms with E-state index >= 15 is 0 Å². The number of nitrogens with two attached hydrogens (primary N) is 1. The first kappa shape index (κ1) is 18.0. The topological polar surface area (TPSA) is 63.3 Å². The Morgan fingerprint density at radius 1 is 1.08 bits per heavy atom. The molecular formula is C19H30N4O2. The average molecular weight is 346 g/mol. The molecule has 2 aliphatic rings. The number of aliphatic imine (C=N–C) groups is 1. The van der Waals surface area contributed by atoms with Crippen LogP contribution in [0.25, 0.3) is 0 Å². The molecule has 138 valence electrons. The van der Waals surface area contributed by atoms with Crippen molar-refractivity contribution < 1.29 is 9.47 Å². The first-order valence-corrected chi connectivity index (χ1v) is 9.38. The van der Waals surface area contributed by atoms with Gasteiger partial charge in [0.25, 0.3) is 0 Å². The second-order valence-electron chi connectivity index (χ2n) is 6.63. The highest BCUT2D eigenvalue weighted by Gasteiger charge is 2.12. The molecule has 2 N–H and O–H groups in total. The van der Waals surface area contributed by atoms with E-state index in [0.29, 0.717) is 12.5 Å². The summed E-state index contributed by atoms with van der Waals surface area (Å²) in [6.07, 6.45) is 3.54. The van der Waals surface area contributed by atoms with Crippen LogP contribution in [0.4, 0.5) is 0 Å². The second-order valence-corrected chi connectivity index (χ2v) is 6.63. The Labute approximate surface area is 150 Å². The van der Waals surface area contributed by atoms with Crippen LogP contribution in [0, 0.1) is 0 Å². The molecule has 0 atom stereocenters. The van der Waals surface area contributed by atoms with Gasteiger partial charge in [-0.1, -0.05) is 12.1 Å². The summed E-state index contributed by atoms with van der Waals surface area (Å²) in [7, 11) is 0. The van der Waals surface area contributed by atoms with Gasteiger partial charge >= 0.3 is 0 Å². The molecule has 1 aromatic rings. The maximum Gasteiger partial charge on any atom is 0.191 e. The Morgan fingerprint density at radius 3 is 2.52 bits per heavy atom. The van der Waals surface area contributed by atoms with E-state index in [2.05, 4.69) is 26.9 Å². The number of nitrogens with zero attached hydrogens (tertiary/aromatic N) is 3. The fourth-order valence-corrected chi connectivity index (χ4v) is 3.24. The van der Waals surface area contributed by atoms with Gasteiger partial charge in [0.05, 0.1) is 13.2 Å². The number of benzene rings is 1. The van der Waals surface area contributed by atoms with E-state index in [4.69, 9.17) is 15.2 Å². The van der Waals surface area contributed by atoms with E-state index in [-0.39, 0.29) is 0 Å². The summed E-state index contributed by atoms with van der Waals surface area (Å²) in [5.74, 6) is 1.57. The monoisotopic (exact) mass is 346 g/mol. The van der Waals surface area contributed by atoms with Crippen molar-refractivity contribution in [2.24, 2.45) is 10.7 Å². The number of hydrogen-bond acceptors (Lipinski definition) is 4. The van der Waals surface area contributed by atoms with E-state index in [1.165, 1.54) is 31.5 Å². The third-order valence-corrected chi connectivity index (χ3v) is 4.81. The molecule has 25 heavy (non-hydrogen) atoms. The van der Waals surface area contributed by atoms with Crippen LogP contribution in [-0.4, -0.2) is 74.8 Å². The van der Waals surface area contributed by atoms with Crippen LogP contribution < -0.4 is 10.5 Å². The second kappa shape index (κ2) is 9.63. The van der Waals surface area contributed by atoms with Gasteiger partial charge < -0.3 is 20.1 Å². The minimum Gasteiger partial charge on any atom is -0.492 e. The highest BCUT2D eigenvalue weighted by molar-refractivity contribution is 5.78. The van der Waals surface area contributed by atoms with Crippen LogP contribution in [0.5, 0.6) is 5.75 Å². The van der Waals surface area contributed by atoms with E-state index in [1.54, 1.807) is 0 Å². The van der Waals surface area contributed by atoms with Gasteiger partial charge in [-0.3, -0.25) is 9.89 Å². The fraction of sp³-hybridized carbons (Fsp3) is 0.632. The summed E-state index contributed by atoms with van der Waals surface area (Å²) < 4.78 is 11.2. The molecule has 3 rings (SSSR count). The van der Waals surface area contributed by atoms with Crippen molar-refractivity contribution in [3.8, 4) is 5.75 Å². The van der Waals surface area contributed by atoms with Gasteiger partial charge in [-0.25, -0.2) is 0 Å². The third kappa shape index (κ3) is 5.90. The van der Waals surface area contributed by atoms with E-state index in [9.17, 15) is 0 Å². The Bertz CT molecular complexity index is 535. The molecular weight excluding hydrogens is 316 g/mol. The Morgan fingerprint density at radius 2 is 1.80 bits per heavy atom. The molecule has 2 aliphatic heterocycles. The van der Waals surface area contributed by atoms with Gasteiger partial charge in [0.2, 0.25) is 0 Å². The highest BCUT2D eigenvalue weighted by Crippen LogP contribution is 2.13. The number of hydrogen-bond donors (Lipinski definition) is 1. The van der Waals surface area contributed by atoms with Crippen molar-refractivity contribution in [1.29, 1.82) is 0 Å². The molecule has 0 aliphatic carbocycles. The van der Waals surface area contributed by atoms with Crippen LogP contribution in [-0.2, 0) is 11.2 Å². The van der Waals surface area contributed by atoms with Crippen molar-refractivity contribution in [2.75, 3.05) is 59.1 Å². The largest absolute Gasteiger partial charge is 0.492 e. The molecule has 0 radical (unpaired) electrons. The summed E-state index contributed by atoms with van der Waals surface area (Å²) >= 11 is 0. The van der Waals surface area contributed by atoms with Crippen molar-refractivity contribution in [3.05, 3.63) is 29.8 Å². The Kier molecular flexibility index (Phi) is 6.94. The average Bonchev–Trinajstić information content (AvgIpc) is 3.17. The molecule has 0 saturated carbocycles. The quantitative estimate of drug-likeness (QED) is 0.596. The molecule has 0 spiro atoms. The summed E-state index contributed by atoms with van der Waals surface area (Å²) in [5.41, 5.74) is 7.29. The highest BCUT2D eigenvalue weighted by atomic mass is 16.5. The zero-order chi connectivity index (χ0) is 17.3. The van der Waals surface area contributed by atoms with Crippen LogP contribution in [0.2, 0.25) is 0 Å². The third-order valence-electron chi connectivity index (χ3n) is 4.81. The van der Waals surface area contributed by atoms with Crippen molar-refractivity contribution >= 4 is 5.96 Å². The number of ether oxygens (including phenoxy) is 2. The summed E-state index contributed by atoms with van der Waals surface area (Å²) in [5, 5.41) is 0. The van der Waals surface area contributed by atoms with E-state index in [1.807, 2.05) is 12.1 Å². The van der Waals surface area contributed by atoms with Crippen molar-refractivity contribution in [1.82, 2.24) is 9.80 Å². The predicted octanol–water partition coefficient (Wildman–Crippen LogP) is 1.35. The summed E-state index contributed by atoms with van der Waals surface area (Å²) in [6.45, 7) is 8.06. The molecule has 6 nitrogen and oxygen atoms in total. The molecule has 0 amide bonds. The lowest BCUT2D eigenvalue weighted by Gasteiger charge is -2.27. The lowest BCUT2D eigenvalue weighted by Crippen LogP contribution is -2.44. The number of rotatable bonds is 7. The zero-order valence-electron chi connectivity index (χ0n) is 15.0. The first-order valence-electron chi connectivity index (χ1n) is 9.38. The van der Waals surface area contributed by atoms with E-state index in [0.717, 1.165) is 51.6 Å². The van der Waals surface area contributed by atoms with Crippen molar-refractivity contribution in [2.45, 2.75) is 19.3 Å². The van der Waals surface area contributed by atoms with Crippen LogP contribution in [0.3, 0.4) is 0 Å². The SMILES string of the molecule is NC(=NCCc1ccc(OCCN2CCCC2)cc1)N1CCOCC1. The van der Waals surface area contributed by atoms with Crippen LogP contribution in [0.1, 0.15) is 18.4 Å². The maximum absolute atomic E-state index is 6.04. The zero-order valence-corrected chi connectivity index (χ0v) is 15.0. The molecule has 0 bridgehead atoms. The van der Waals surface area contributed by atoms with Gasteiger partial charge in [0.15, 0.2) is 5.96 Å². The van der Waals surface area contributed by atoms with Crippen LogP contribution in [0.15, 0.2) is 29.3 Å². The molecule has 2 fully saturated rings. The fourth-order valence-electron chi connectivity index (χ4n) is 3.24. The molecule has 0 unspecified atom stereocenters. The Hall–Kier alpha value is -1.79. The van der Waals surface area contributed by atoms with Gasteiger partial charge in [-0.2, -0.15) is 0 Å². The standard InChI is InChI=1S/C19H30N4O2/c20-19(23-12-14-24-15-13-23)21-8-7-17-3-5-18(6-4-17)25-16-11-22-9-1-2-10-22/h3-6H,1-2,7-16H2,(H2,20,21). The minimum absolute atomic E-state index is 0.630. The van der Waals surface area contributed by atoms with Gasteiger partial charge in [0, 0.05) is 26.2 Å². The molecule has 6 heteroatoms. The molecule has 0 aromatic heterocycles. The van der Waals surface area contributed by atoms with E-state index < -0.39 is 0 Å². The molecule has 2 heterocycles. The first-order chi connectivity index (χ1) is 12.3. The predicted molar refractivity (Wildman–Crippen MR) is 100 cm³/mol. The number of likely N-dealkylation sites (tertiary alicyclic amines) is 1. The minimum atomic E-state index is 0.630. The van der Waals surface area contributed by atoms with Gasteiger partial charge in [0.1, 0.15) is 12.4 Å². The molecule has 2 saturated heterocycles. The maximum atomic E-state index is 6.04. The lowest BCUT2D eigenvalue weighted by atomic mass is 10.1. The van der Waals surface area contributed by atoms with Gasteiger partial charge in [-0.05, 0) is 50.0 Å².